The van der Waals surface area contributed by atoms with Crippen LogP contribution in [0.2, 0.25) is 0 Å². The fourth-order valence-corrected chi connectivity index (χ4v) is 2.39. The molecule has 0 bridgehead atoms. The van der Waals surface area contributed by atoms with Crippen molar-refractivity contribution in [2.75, 3.05) is 13.2 Å². The van der Waals surface area contributed by atoms with Crippen LogP contribution in [0, 0.1) is 6.92 Å². The van der Waals surface area contributed by atoms with Gasteiger partial charge in [0.15, 0.2) is 0 Å². The second kappa shape index (κ2) is 3.54. The summed E-state index contributed by atoms with van der Waals surface area (Å²) in [7, 11) is 0. The van der Waals surface area contributed by atoms with Crippen molar-refractivity contribution in [3.63, 3.8) is 0 Å². The third kappa shape index (κ3) is 1.67. The summed E-state index contributed by atoms with van der Waals surface area (Å²) in [5.74, 6) is 0.567. The van der Waals surface area contributed by atoms with Crippen molar-refractivity contribution in [2.45, 2.75) is 25.7 Å². The molecule has 1 atom stereocenters. The maximum atomic E-state index is 5.41. The summed E-state index contributed by atoms with van der Waals surface area (Å²) in [6, 6.07) is 0. The molecule has 2 rings (SSSR count). The van der Waals surface area contributed by atoms with E-state index in [1.807, 2.05) is 6.20 Å². The molecule has 1 saturated heterocycles. The minimum Gasteiger partial charge on any atom is -0.381 e. The van der Waals surface area contributed by atoms with E-state index in [0.717, 1.165) is 13.2 Å². The van der Waals surface area contributed by atoms with Crippen LogP contribution in [-0.4, -0.2) is 18.2 Å². The van der Waals surface area contributed by atoms with E-state index in [2.05, 4.69) is 11.9 Å². The van der Waals surface area contributed by atoms with E-state index in [1.165, 1.54) is 22.7 Å². The Labute approximate surface area is 76.6 Å². The van der Waals surface area contributed by atoms with Crippen molar-refractivity contribution in [1.82, 2.24) is 4.98 Å². The number of hydrogen-bond donors (Lipinski definition) is 0. The van der Waals surface area contributed by atoms with Gasteiger partial charge in [-0.25, -0.2) is 4.98 Å². The van der Waals surface area contributed by atoms with Gasteiger partial charge in [0.2, 0.25) is 0 Å². The van der Waals surface area contributed by atoms with Crippen molar-refractivity contribution in [3.05, 3.63) is 16.1 Å². The van der Waals surface area contributed by atoms with Crippen LogP contribution in [0.3, 0.4) is 0 Å². The molecule has 0 aliphatic carbocycles. The Morgan fingerprint density at radius 1 is 1.67 bits per heavy atom. The van der Waals surface area contributed by atoms with Crippen LogP contribution in [-0.2, 0) is 4.74 Å². The van der Waals surface area contributed by atoms with Crippen molar-refractivity contribution in [3.8, 4) is 0 Å². The fraction of sp³-hybridized carbons (Fsp3) is 0.667. The summed E-state index contributed by atoms with van der Waals surface area (Å²) in [4.78, 5) is 5.68. The zero-order valence-electron chi connectivity index (χ0n) is 7.25. The number of hydrogen-bond acceptors (Lipinski definition) is 3. The van der Waals surface area contributed by atoms with Crippen molar-refractivity contribution in [1.29, 1.82) is 0 Å². The molecule has 0 amide bonds. The van der Waals surface area contributed by atoms with Crippen LogP contribution in [0.4, 0.5) is 0 Å². The number of rotatable bonds is 1. The van der Waals surface area contributed by atoms with Gasteiger partial charge in [0.1, 0.15) is 0 Å². The zero-order valence-corrected chi connectivity index (χ0v) is 8.06. The smallest absolute Gasteiger partial charge is 0.0981 e. The van der Waals surface area contributed by atoms with Crippen molar-refractivity contribution >= 4 is 11.3 Å². The maximum Gasteiger partial charge on any atom is 0.0981 e. The summed E-state index contributed by atoms with van der Waals surface area (Å²) in [6.45, 7) is 3.90. The highest BCUT2D eigenvalue weighted by molar-refractivity contribution is 7.11. The topological polar surface area (TPSA) is 22.1 Å². The third-order valence-corrected chi connectivity index (χ3v) is 3.22. The second-order valence-electron chi connectivity index (χ2n) is 3.22. The van der Waals surface area contributed by atoms with E-state index in [4.69, 9.17) is 4.74 Å². The standard InChI is InChI=1S/C9H13NOS/c1-7-5-10-9(12-7)8-3-2-4-11-6-8/h5,8H,2-4,6H2,1H3. The first-order chi connectivity index (χ1) is 5.86. The van der Waals surface area contributed by atoms with E-state index in [-0.39, 0.29) is 0 Å². The van der Waals surface area contributed by atoms with Crippen LogP contribution in [0.5, 0.6) is 0 Å². The lowest BCUT2D eigenvalue weighted by molar-refractivity contribution is 0.0804. The molecule has 0 saturated carbocycles. The Morgan fingerprint density at radius 2 is 2.58 bits per heavy atom. The molecule has 0 radical (unpaired) electrons. The number of aryl methyl sites for hydroxylation is 1. The minimum absolute atomic E-state index is 0.567. The summed E-state index contributed by atoms with van der Waals surface area (Å²) < 4.78 is 5.41. The summed E-state index contributed by atoms with van der Waals surface area (Å²) in [5.41, 5.74) is 0. The van der Waals surface area contributed by atoms with Gasteiger partial charge in [0, 0.05) is 23.6 Å². The second-order valence-corrected chi connectivity index (χ2v) is 4.49. The SMILES string of the molecule is Cc1cnc(C2CCCOC2)s1. The maximum absolute atomic E-state index is 5.41. The van der Waals surface area contributed by atoms with Gasteiger partial charge in [-0.15, -0.1) is 11.3 Å². The molecule has 1 aromatic heterocycles. The van der Waals surface area contributed by atoms with E-state index < -0.39 is 0 Å². The number of nitrogens with zero attached hydrogens (tertiary/aromatic N) is 1. The molecule has 66 valence electrons. The summed E-state index contributed by atoms with van der Waals surface area (Å²) in [5, 5.41) is 1.26. The summed E-state index contributed by atoms with van der Waals surface area (Å²) >= 11 is 1.80. The van der Waals surface area contributed by atoms with Gasteiger partial charge in [0.25, 0.3) is 0 Å². The molecular weight excluding hydrogens is 170 g/mol. The molecule has 2 nitrogen and oxygen atoms in total. The molecular formula is C9H13NOS. The highest BCUT2D eigenvalue weighted by atomic mass is 32.1. The predicted molar refractivity (Wildman–Crippen MR) is 49.6 cm³/mol. The molecule has 3 heteroatoms. The first kappa shape index (κ1) is 8.20. The highest BCUT2D eigenvalue weighted by Crippen LogP contribution is 2.28. The molecule has 1 aromatic rings. The van der Waals surface area contributed by atoms with Gasteiger partial charge in [-0.2, -0.15) is 0 Å². The van der Waals surface area contributed by atoms with Gasteiger partial charge in [-0.1, -0.05) is 0 Å². The Balaban J connectivity index is 2.08. The zero-order chi connectivity index (χ0) is 8.39. The van der Waals surface area contributed by atoms with E-state index in [1.54, 1.807) is 11.3 Å². The Bertz CT molecular complexity index is 253. The van der Waals surface area contributed by atoms with Gasteiger partial charge < -0.3 is 4.74 Å². The molecule has 1 aliphatic rings. The average molecular weight is 183 g/mol. The molecule has 1 unspecified atom stereocenters. The average Bonchev–Trinajstić information content (AvgIpc) is 2.54. The first-order valence-electron chi connectivity index (χ1n) is 4.36. The first-order valence-corrected chi connectivity index (χ1v) is 5.18. The van der Waals surface area contributed by atoms with E-state index in [9.17, 15) is 0 Å². The molecule has 2 heterocycles. The Kier molecular flexibility index (Phi) is 2.42. The predicted octanol–water partition coefficient (Wildman–Crippen LogP) is 2.35. The molecule has 0 N–H and O–H groups in total. The number of aromatic nitrogens is 1. The quantitative estimate of drug-likeness (QED) is 0.666. The normalized spacial score (nSPS) is 24.2. The minimum atomic E-state index is 0.567. The van der Waals surface area contributed by atoms with Crippen LogP contribution < -0.4 is 0 Å². The molecule has 0 spiro atoms. The number of thiazole rings is 1. The van der Waals surface area contributed by atoms with Gasteiger partial charge in [-0.3, -0.25) is 0 Å². The lowest BCUT2D eigenvalue weighted by Crippen LogP contribution is -2.15. The molecule has 12 heavy (non-hydrogen) atoms. The molecule has 1 aliphatic heterocycles. The lowest BCUT2D eigenvalue weighted by Gasteiger charge is -2.19. The van der Waals surface area contributed by atoms with Crippen molar-refractivity contribution in [2.24, 2.45) is 0 Å². The van der Waals surface area contributed by atoms with Gasteiger partial charge in [-0.05, 0) is 19.8 Å². The Hall–Kier alpha value is -0.410. The van der Waals surface area contributed by atoms with E-state index in [0.29, 0.717) is 5.92 Å². The third-order valence-electron chi connectivity index (χ3n) is 2.15. The van der Waals surface area contributed by atoms with Crippen LogP contribution >= 0.6 is 11.3 Å². The van der Waals surface area contributed by atoms with Gasteiger partial charge >= 0.3 is 0 Å². The molecule has 1 fully saturated rings. The largest absolute Gasteiger partial charge is 0.381 e. The van der Waals surface area contributed by atoms with Gasteiger partial charge in [0.05, 0.1) is 11.6 Å². The summed E-state index contributed by atoms with van der Waals surface area (Å²) in [6.07, 6.45) is 4.38. The van der Waals surface area contributed by atoms with E-state index >= 15 is 0 Å². The Morgan fingerprint density at radius 3 is 3.17 bits per heavy atom. The van der Waals surface area contributed by atoms with Crippen LogP contribution in [0.1, 0.15) is 28.6 Å². The lowest BCUT2D eigenvalue weighted by atomic mass is 10.0. The van der Waals surface area contributed by atoms with Crippen LogP contribution in [0.15, 0.2) is 6.20 Å². The van der Waals surface area contributed by atoms with Crippen LogP contribution in [0.25, 0.3) is 0 Å². The monoisotopic (exact) mass is 183 g/mol. The fourth-order valence-electron chi connectivity index (χ4n) is 1.50. The highest BCUT2D eigenvalue weighted by Gasteiger charge is 2.18. The number of ether oxygens (including phenoxy) is 1. The molecule has 0 aromatic carbocycles. The van der Waals surface area contributed by atoms with Crippen molar-refractivity contribution < 1.29 is 4.74 Å².